The van der Waals surface area contributed by atoms with Crippen molar-refractivity contribution < 1.29 is 23.1 Å². The summed E-state index contributed by atoms with van der Waals surface area (Å²) in [6.45, 7) is 8.00. The van der Waals surface area contributed by atoms with Crippen molar-refractivity contribution in [1.82, 2.24) is 4.90 Å². The minimum Gasteiger partial charge on any atom is -0.426 e. The van der Waals surface area contributed by atoms with Gasteiger partial charge in [-0.25, -0.2) is 8.42 Å². The van der Waals surface area contributed by atoms with E-state index in [-0.39, 0.29) is 24.1 Å². The van der Waals surface area contributed by atoms with Crippen LogP contribution >= 0.6 is 0 Å². The first kappa shape index (κ1) is 19.9. The van der Waals surface area contributed by atoms with E-state index in [1.807, 2.05) is 37.8 Å². The van der Waals surface area contributed by atoms with Crippen molar-refractivity contribution in [2.24, 2.45) is 0 Å². The molecule has 140 valence electrons. The molecule has 1 saturated heterocycles. The third-order valence-corrected chi connectivity index (χ3v) is 6.64. The van der Waals surface area contributed by atoms with Gasteiger partial charge in [0.15, 0.2) is 9.84 Å². The number of aryl methyl sites for hydroxylation is 2. The molecule has 7 heteroatoms. The van der Waals surface area contributed by atoms with Crippen LogP contribution in [0.4, 0.5) is 0 Å². The second-order valence-corrected chi connectivity index (χ2v) is 9.32. The van der Waals surface area contributed by atoms with Crippen LogP contribution in [0, 0.1) is 13.8 Å². The summed E-state index contributed by atoms with van der Waals surface area (Å²) in [5.74, 6) is 0.516. The fraction of sp³-hybridized carbons (Fsp3) is 0.611. The van der Waals surface area contributed by atoms with Gasteiger partial charge < -0.3 is 9.84 Å². The van der Waals surface area contributed by atoms with Crippen molar-refractivity contribution in [3.8, 4) is 5.75 Å². The van der Waals surface area contributed by atoms with Crippen LogP contribution in [0.15, 0.2) is 12.1 Å². The van der Waals surface area contributed by atoms with E-state index in [0.29, 0.717) is 25.3 Å². The Morgan fingerprint density at radius 1 is 1.32 bits per heavy atom. The molecule has 1 aliphatic rings. The van der Waals surface area contributed by atoms with Gasteiger partial charge in [-0.15, -0.1) is 0 Å². The number of aliphatic hydroxyl groups is 1. The Morgan fingerprint density at radius 2 is 1.92 bits per heavy atom. The standard InChI is InChI=1S/C18H27NO5S/c1-13-9-16(10-14(2)17(13)24-15(3)21)11-19(6-7-20)18(4)5-8-25(22,23)12-18/h9-10,20H,5-8,11-12H2,1-4H3/t18-/m1/s1. The fourth-order valence-electron chi connectivity index (χ4n) is 3.56. The summed E-state index contributed by atoms with van der Waals surface area (Å²) in [7, 11) is -3.03. The first-order valence-electron chi connectivity index (χ1n) is 8.41. The van der Waals surface area contributed by atoms with E-state index in [2.05, 4.69) is 0 Å². The molecule has 0 unspecified atom stereocenters. The van der Waals surface area contributed by atoms with E-state index in [1.54, 1.807) is 0 Å². The number of aliphatic hydroxyl groups excluding tert-OH is 1. The molecule has 1 atom stereocenters. The van der Waals surface area contributed by atoms with Gasteiger partial charge in [-0.3, -0.25) is 9.69 Å². The van der Waals surface area contributed by atoms with Crippen LogP contribution in [0.5, 0.6) is 5.75 Å². The summed E-state index contributed by atoms with van der Waals surface area (Å²) in [5, 5.41) is 9.42. The van der Waals surface area contributed by atoms with E-state index in [0.717, 1.165) is 16.7 Å². The highest BCUT2D eigenvalue weighted by atomic mass is 32.2. The van der Waals surface area contributed by atoms with Crippen molar-refractivity contribution in [3.05, 3.63) is 28.8 Å². The molecule has 1 fully saturated rings. The van der Waals surface area contributed by atoms with Crippen LogP contribution in [0.2, 0.25) is 0 Å². The molecular weight excluding hydrogens is 342 g/mol. The number of ether oxygens (including phenoxy) is 1. The molecular formula is C18H27NO5S. The molecule has 25 heavy (non-hydrogen) atoms. The van der Waals surface area contributed by atoms with Crippen LogP contribution in [0.1, 0.15) is 37.0 Å². The molecule has 1 heterocycles. The molecule has 1 aromatic carbocycles. The molecule has 2 rings (SSSR count). The molecule has 1 aromatic rings. The number of esters is 1. The number of carbonyl (C=O) groups excluding carboxylic acids is 1. The highest BCUT2D eigenvalue weighted by Gasteiger charge is 2.42. The lowest BCUT2D eigenvalue weighted by Gasteiger charge is -2.37. The van der Waals surface area contributed by atoms with Crippen LogP contribution in [0.3, 0.4) is 0 Å². The summed E-state index contributed by atoms with van der Waals surface area (Å²) in [4.78, 5) is 13.3. The molecule has 6 nitrogen and oxygen atoms in total. The summed E-state index contributed by atoms with van der Waals surface area (Å²) in [6, 6.07) is 3.89. The molecule has 0 amide bonds. The highest BCUT2D eigenvalue weighted by molar-refractivity contribution is 7.91. The van der Waals surface area contributed by atoms with Gasteiger partial charge in [0.25, 0.3) is 0 Å². The van der Waals surface area contributed by atoms with Gasteiger partial charge in [0.2, 0.25) is 0 Å². The van der Waals surface area contributed by atoms with Crippen LogP contribution in [-0.2, 0) is 21.2 Å². The van der Waals surface area contributed by atoms with Gasteiger partial charge in [0.1, 0.15) is 5.75 Å². The van der Waals surface area contributed by atoms with Gasteiger partial charge in [-0.05, 0) is 43.9 Å². The van der Waals surface area contributed by atoms with Crippen molar-refractivity contribution in [2.45, 2.75) is 46.2 Å². The second-order valence-electron chi connectivity index (χ2n) is 7.14. The van der Waals surface area contributed by atoms with Gasteiger partial charge >= 0.3 is 5.97 Å². The highest BCUT2D eigenvalue weighted by Crippen LogP contribution is 2.32. The van der Waals surface area contributed by atoms with Gasteiger partial charge in [0, 0.05) is 25.6 Å². The molecule has 1 aliphatic heterocycles. The van der Waals surface area contributed by atoms with Crippen molar-refractivity contribution >= 4 is 15.8 Å². The van der Waals surface area contributed by atoms with Crippen molar-refractivity contribution in [2.75, 3.05) is 24.7 Å². The molecule has 1 N–H and O–H groups in total. The number of hydrogen-bond donors (Lipinski definition) is 1. The average Bonchev–Trinajstić information content (AvgIpc) is 2.77. The van der Waals surface area contributed by atoms with E-state index in [9.17, 15) is 18.3 Å². The zero-order valence-electron chi connectivity index (χ0n) is 15.3. The van der Waals surface area contributed by atoms with Crippen molar-refractivity contribution in [1.29, 1.82) is 0 Å². The Balaban J connectivity index is 2.27. The lowest BCUT2D eigenvalue weighted by Crippen LogP contribution is -2.48. The summed E-state index contributed by atoms with van der Waals surface area (Å²) < 4.78 is 29.1. The number of sulfone groups is 1. The maximum Gasteiger partial charge on any atom is 0.308 e. The van der Waals surface area contributed by atoms with E-state index in [4.69, 9.17) is 4.74 Å². The largest absolute Gasteiger partial charge is 0.426 e. The lowest BCUT2D eigenvalue weighted by atomic mass is 9.97. The summed E-state index contributed by atoms with van der Waals surface area (Å²) >= 11 is 0. The minimum atomic E-state index is -3.03. The van der Waals surface area contributed by atoms with Gasteiger partial charge in [-0.2, -0.15) is 0 Å². The maximum atomic E-state index is 11.9. The SMILES string of the molecule is CC(=O)Oc1c(C)cc(CN(CCO)[C@]2(C)CCS(=O)(=O)C2)cc1C. The normalized spacial score (nSPS) is 22.3. The van der Waals surface area contributed by atoms with Gasteiger partial charge in [0.05, 0.1) is 18.1 Å². The van der Waals surface area contributed by atoms with Crippen LogP contribution in [-0.4, -0.2) is 54.6 Å². The molecule has 0 spiro atoms. The molecule has 0 radical (unpaired) electrons. The molecule has 0 aromatic heterocycles. The first-order valence-corrected chi connectivity index (χ1v) is 10.2. The predicted octanol–water partition coefficient (Wildman–Crippen LogP) is 1.60. The Morgan fingerprint density at radius 3 is 2.36 bits per heavy atom. The second kappa shape index (κ2) is 7.43. The lowest BCUT2D eigenvalue weighted by molar-refractivity contribution is -0.131. The molecule has 0 aliphatic carbocycles. The first-order chi connectivity index (χ1) is 11.6. The number of β-amino-alcohol motifs (C(OH)–C–C–N with tert-alkyl or cyclic N) is 1. The zero-order chi connectivity index (χ0) is 18.8. The van der Waals surface area contributed by atoms with Crippen LogP contribution < -0.4 is 4.74 Å². The molecule has 0 bridgehead atoms. The van der Waals surface area contributed by atoms with E-state index in [1.165, 1.54) is 6.92 Å². The average molecular weight is 369 g/mol. The Bertz CT molecular complexity index is 736. The van der Waals surface area contributed by atoms with Gasteiger partial charge in [-0.1, -0.05) is 12.1 Å². The van der Waals surface area contributed by atoms with E-state index < -0.39 is 15.4 Å². The number of benzene rings is 1. The number of hydrogen-bond acceptors (Lipinski definition) is 6. The van der Waals surface area contributed by atoms with E-state index >= 15 is 0 Å². The number of carbonyl (C=O) groups is 1. The Hall–Kier alpha value is -1.44. The maximum absolute atomic E-state index is 11.9. The number of nitrogens with zero attached hydrogens (tertiary/aromatic N) is 1. The third-order valence-electron chi connectivity index (χ3n) is 4.76. The quantitative estimate of drug-likeness (QED) is 0.606. The summed E-state index contributed by atoms with van der Waals surface area (Å²) in [5.41, 5.74) is 2.25. The van der Waals surface area contributed by atoms with Crippen molar-refractivity contribution in [3.63, 3.8) is 0 Å². The molecule has 0 saturated carbocycles. The van der Waals surface area contributed by atoms with Crippen LogP contribution in [0.25, 0.3) is 0 Å². The monoisotopic (exact) mass is 369 g/mol. The summed E-state index contributed by atoms with van der Waals surface area (Å²) in [6.07, 6.45) is 0.568. The third kappa shape index (κ3) is 4.80. The zero-order valence-corrected chi connectivity index (χ0v) is 16.1. The Kier molecular flexibility index (Phi) is 5.91. The topological polar surface area (TPSA) is 83.9 Å². The predicted molar refractivity (Wildman–Crippen MR) is 96.4 cm³/mol. The fourth-order valence-corrected chi connectivity index (χ4v) is 5.73. The number of rotatable bonds is 6. The smallest absolute Gasteiger partial charge is 0.308 e. The minimum absolute atomic E-state index is 0.0286. The Labute approximate surface area is 149 Å².